The van der Waals surface area contributed by atoms with Crippen molar-refractivity contribution in [2.75, 3.05) is 20.8 Å². The predicted molar refractivity (Wildman–Crippen MR) is 107 cm³/mol. The zero-order valence-electron chi connectivity index (χ0n) is 16.1. The molecule has 1 heterocycles. The van der Waals surface area contributed by atoms with Gasteiger partial charge in [-0.1, -0.05) is 24.6 Å². The highest BCUT2D eigenvalue weighted by atomic mass is 32.2. The number of benzene rings is 1. The number of nitrogens with one attached hydrogen (secondary N) is 1. The molecule has 28 heavy (non-hydrogen) atoms. The number of thioether (sulfide) groups is 1. The SMILES string of the molecule is COc1ccc(C2SC(C(N)=O)=CN2CCCCCCC(=O)NO)c(OC)c1. The van der Waals surface area contributed by atoms with Crippen LogP contribution in [0.15, 0.2) is 29.3 Å². The number of carbonyl (C=O) groups excluding carboxylic acids is 2. The molecule has 0 saturated heterocycles. The molecule has 0 fully saturated rings. The lowest BCUT2D eigenvalue weighted by atomic mass is 10.1. The van der Waals surface area contributed by atoms with Crippen LogP contribution in [0.5, 0.6) is 11.5 Å². The fourth-order valence-electron chi connectivity index (χ4n) is 2.99. The second kappa shape index (κ2) is 10.8. The third-order valence-corrected chi connectivity index (χ3v) is 5.78. The van der Waals surface area contributed by atoms with Gasteiger partial charge < -0.3 is 20.1 Å². The number of hydrogen-bond donors (Lipinski definition) is 3. The van der Waals surface area contributed by atoms with Crippen LogP contribution in [-0.4, -0.2) is 42.7 Å². The number of carbonyl (C=O) groups is 2. The maximum absolute atomic E-state index is 11.7. The molecule has 1 aromatic carbocycles. The Morgan fingerprint density at radius 2 is 1.96 bits per heavy atom. The van der Waals surface area contributed by atoms with Crippen LogP contribution in [0.2, 0.25) is 0 Å². The van der Waals surface area contributed by atoms with Gasteiger partial charge in [0, 0.05) is 30.8 Å². The number of methoxy groups -OCH3 is 2. The van der Waals surface area contributed by atoms with Gasteiger partial charge in [0.2, 0.25) is 5.91 Å². The van der Waals surface area contributed by atoms with E-state index < -0.39 is 5.91 Å². The molecule has 2 rings (SSSR count). The van der Waals surface area contributed by atoms with Gasteiger partial charge in [-0.15, -0.1) is 0 Å². The summed E-state index contributed by atoms with van der Waals surface area (Å²) in [6, 6.07) is 5.63. The monoisotopic (exact) mass is 409 g/mol. The number of amides is 2. The van der Waals surface area contributed by atoms with E-state index in [0.29, 0.717) is 22.8 Å². The smallest absolute Gasteiger partial charge is 0.256 e. The van der Waals surface area contributed by atoms with Gasteiger partial charge in [-0.05, 0) is 25.0 Å². The third kappa shape index (κ3) is 5.80. The summed E-state index contributed by atoms with van der Waals surface area (Å²) in [5.74, 6) is 0.581. The Morgan fingerprint density at radius 1 is 1.21 bits per heavy atom. The lowest BCUT2D eigenvalue weighted by Gasteiger charge is -2.26. The van der Waals surface area contributed by atoms with Crippen LogP contribution in [0.1, 0.15) is 43.0 Å². The van der Waals surface area contributed by atoms with Gasteiger partial charge in [0.05, 0.1) is 19.1 Å². The fraction of sp³-hybridized carbons (Fsp3) is 0.474. The molecule has 1 atom stereocenters. The van der Waals surface area contributed by atoms with Crippen molar-refractivity contribution in [1.29, 1.82) is 0 Å². The largest absolute Gasteiger partial charge is 0.497 e. The molecule has 0 aromatic heterocycles. The molecule has 154 valence electrons. The van der Waals surface area contributed by atoms with Crippen LogP contribution >= 0.6 is 11.8 Å². The van der Waals surface area contributed by atoms with E-state index in [1.165, 1.54) is 11.8 Å². The standard InChI is InChI=1S/C19H27N3O5S/c1-26-13-8-9-14(15(11-13)27-2)19-22(12-16(28-19)18(20)24)10-6-4-3-5-7-17(23)21-25/h8-9,11-12,19,25H,3-7,10H2,1-2H3,(H2,20,24)(H,21,23). The molecule has 4 N–H and O–H groups in total. The molecular formula is C19H27N3O5S. The van der Waals surface area contributed by atoms with Crippen molar-refractivity contribution >= 4 is 23.6 Å². The van der Waals surface area contributed by atoms with Crippen molar-refractivity contribution in [3.63, 3.8) is 0 Å². The lowest BCUT2D eigenvalue weighted by Crippen LogP contribution is -2.20. The molecule has 0 saturated carbocycles. The van der Waals surface area contributed by atoms with E-state index in [2.05, 4.69) is 4.90 Å². The Balaban J connectivity index is 2.01. The molecule has 0 radical (unpaired) electrons. The molecule has 1 aromatic rings. The van der Waals surface area contributed by atoms with Crippen LogP contribution in [0.3, 0.4) is 0 Å². The van der Waals surface area contributed by atoms with Gasteiger partial charge >= 0.3 is 0 Å². The fourth-order valence-corrected chi connectivity index (χ4v) is 4.17. The van der Waals surface area contributed by atoms with Crippen molar-refractivity contribution in [2.24, 2.45) is 5.73 Å². The number of ether oxygens (including phenoxy) is 2. The van der Waals surface area contributed by atoms with E-state index in [1.807, 2.05) is 18.2 Å². The highest BCUT2D eigenvalue weighted by Crippen LogP contribution is 2.47. The summed E-state index contributed by atoms with van der Waals surface area (Å²) in [5, 5.41) is 8.39. The molecule has 9 heteroatoms. The zero-order valence-corrected chi connectivity index (χ0v) is 17.0. The number of hydroxylamine groups is 1. The quantitative estimate of drug-likeness (QED) is 0.292. The zero-order chi connectivity index (χ0) is 20.5. The molecule has 1 aliphatic rings. The van der Waals surface area contributed by atoms with Crippen LogP contribution in [0.25, 0.3) is 0 Å². The van der Waals surface area contributed by atoms with Gasteiger partial charge in [0.25, 0.3) is 5.91 Å². The van der Waals surface area contributed by atoms with E-state index in [0.717, 1.165) is 37.8 Å². The first kappa shape index (κ1) is 21.9. The summed E-state index contributed by atoms with van der Waals surface area (Å²) in [5.41, 5.74) is 8.07. The average Bonchev–Trinajstić information content (AvgIpc) is 3.14. The first-order chi connectivity index (χ1) is 13.5. The molecular weight excluding hydrogens is 382 g/mol. The molecule has 8 nitrogen and oxygen atoms in total. The maximum atomic E-state index is 11.7. The van der Waals surface area contributed by atoms with E-state index in [1.54, 1.807) is 25.9 Å². The van der Waals surface area contributed by atoms with E-state index in [-0.39, 0.29) is 11.3 Å². The van der Waals surface area contributed by atoms with Crippen molar-refractivity contribution < 1.29 is 24.3 Å². The summed E-state index contributed by atoms with van der Waals surface area (Å²) in [4.78, 5) is 25.3. The predicted octanol–water partition coefficient (Wildman–Crippen LogP) is 2.53. The van der Waals surface area contributed by atoms with Crippen LogP contribution < -0.4 is 20.7 Å². The number of hydrogen-bond acceptors (Lipinski definition) is 7. The summed E-state index contributed by atoms with van der Waals surface area (Å²) in [7, 11) is 3.20. The van der Waals surface area contributed by atoms with Crippen LogP contribution in [-0.2, 0) is 9.59 Å². The van der Waals surface area contributed by atoms with Crippen molar-refractivity contribution in [2.45, 2.75) is 37.5 Å². The molecule has 1 unspecified atom stereocenters. The van der Waals surface area contributed by atoms with E-state index in [9.17, 15) is 9.59 Å². The first-order valence-electron chi connectivity index (χ1n) is 9.09. The molecule has 2 amide bonds. The van der Waals surface area contributed by atoms with Crippen LogP contribution in [0.4, 0.5) is 0 Å². The Kier molecular flexibility index (Phi) is 8.46. The van der Waals surface area contributed by atoms with Gasteiger partial charge in [-0.25, -0.2) is 5.48 Å². The second-order valence-corrected chi connectivity index (χ2v) is 7.49. The molecule has 0 aliphatic carbocycles. The van der Waals surface area contributed by atoms with E-state index >= 15 is 0 Å². The Hall–Kier alpha value is -2.39. The van der Waals surface area contributed by atoms with E-state index in [4.69, 9.17) is 20.4 Å². The Bertz CT molecular complexity index is 726. The molecule has 0 bridgehead atoms. The van der Waals surface area contributed by atoms with Gasteiger partial charge in [0.1, 0.15) is 16.9 Å². The van der Waals surface area contributed by atoms with Gasteiger partial charge in [-0.2, -0.15) is 0 Å². The maximum Gasteiger partial charge on any atom is 0.256 e. The van der Waals surface area contributed by atoms with Gasteiger partial charge in [0.15, 0.2) is 0 Å². The highest BCUT2D eigenvalue weighted by molar-refractivity contribution is 8.04. The molecule has 0 spiro atoms. The summed E-state index contributed by atoms with van der Waals surface area (Å²) < 4.78 is 10.8. The van der Waals surface area contributed by atoms with Crippen LogP contribution in [0, 0.1) is 0 Å². The van der Waals surface area contributed by atoms with Crippen molar-refractivity contribution in [1.82, 2.24) is 10.4 Å². The summed E-state index contributed by atoms with van der Waals surface area (Å²) in [6.07, 6.45) is 5.56. The first-order valence-corrected chi connectivity index (χ1v) is 9.97. The normalized spacial score (nSPS) is 15.9. The van der Waals surface area contributed by atoms with Gasteiger partial charge in [-0.3, -0.25) is 14.8 Å². The summed E-state index contributed by atoms with van der Waals surface area (Å²) in [6.45, 7) is 0.746. The second-order valence-electron chi connectivity index (χ2n) is 6.37. The molecule has 1 aliphatic heterocycles. The minimum absolute atomic E-state index is 0.108. The minimum Gasteiger partial charge on any atom is -0.497 e. The minimum atomic E-state index is -0.444. The van der Waals surface area contributed by atoms with Crippen molar-refractivity contribution in [3.05, 3.63) is 34.9 Å². The average molecular weight is 410 g/mol. The number of nitrogens with zero attached hydrogens (tertiary/aromatic N) is 1. The number of nitrogens with two attached hydrogens (primary N) is 1. The lowest BCUT2D eigenvalue weighted by molar-refractivity contribution is -0.129. The number of unbranched alkanes of at least 4 members (excludes halogenated alkanes) is 3. The third-order valence-electron chi connectivity index (χ3n) is 4.47. The Labute approximate surface area is 169 Å². The number of rotatable bonds is 11. The summed E-state index contributed by atoms with van der Waals surface area (Å²) >= 11 is 1.41. The topological polar surface area (TPSA) is 114 Å². The Morgan fingerprint density at radius 3 is 2.61 bits per heavy atom. The highest BCUT2D eigenvalue weighted by Gasteiger charge is 2.31. The number of primary amides is 1. The van der Waals surface area contributed by atoms with Crippen molar-refractivity contribution in [3.8, 4) is 11.5 Å².